The van der Waals surface area contributed by atoms with Crippen LogP contribution in [-0.2, 0) is 10.8 Å². The van der Waals surface area contributed by atoms with E-state index in [0.717, 1.165) is 45.3 Å². The molecular formula is C88H68N2. The third-order valence-corrected chi connectivity index (χ3v) is 19.7. The average molecular weight is 1150 g/mol. The van der Waals surface area contributed by atoms with Crippen molar-refractivity contribution in [2.75, 3.05) is 9.80 Å². The van der Waals surface area contributed by atoms with Gasteiger partial charge >= 0.3 is 0 Å². The Hall–Kier alpha value is -10.8. The van der Waals surface area contributed by atoms with Gasteiger partial charge in [-0.25, -0.2) is 0 Å². The molecular weight excluding hydrogens is 1080 g/mol. The SMILES string of the molecule is Cc1cc(-c2ccc(N(c3ccc(-c4ccc5c(c4)C(C)(C)c4ccccc4-5)cc3)c3ccccc3-c3cccc4ccccc34)c(C)c2)ccc1N(c1ccc(-c2ccc3c(c2)C(C)(C)c2ccccc2-3)cc1)c1ccccc1-c1cccc2ccccc12. The fourth-order valence-electron chi connectivity index (χ4n) is 15.1. The first kappa shape index (κ1) is 54.6. The Kier molecular flexibility index (Phi) is 13.0. The molecule has 0 heterocycles. The largest absolute Gasteiger partial charge is 0.310 e. The molecule has 0 N–H and O–H groups in total. The summed E-state index contributed by atoms with van der Waals surface area (Å²) < 4.78 is 0. The van der Waals surface area contributed by atoms with Crippen molar-refractivity contribution in [3.63, 3.8) is 0 Å². The van der Waals surface area contributed by atoms with Crippen molar-refractivity contribution < 1.29 is 0 Å². The van der Waals surface area contributed by atoms with Gasteiger partial charge in [0.15, 0.2) is 0 Å². The zero-order chi connectivity index (χ0) is 60.8. The Morgan fingerprint density at radius 1 is 0.222 bits per heavy atom. The van der Waals surface area contributed by atoms with Gasteiger partial charge in [-0.15, -0.1) is 0 Å². The number of aryl methyl sites for hydroxylation is 2. The Bertz CT molecular complexity index is 4820. The highest BCUT2D eigenvalue weighted by Gasteiger charge is 2.37. The number of hydrogen-bond donors (Lipinski definition) is 0. The summed E-state index contributed by atoms with van der Waals surface area (Å²) in [6.45, 7) is 14.0. The molecule has 0 amide bonds. The van der Waals surface area contributed by atoms with E-state index in [-0.39, 0.29) is 10.8 Å². The Labute approximate surface area is 529 Å². The van der Waals surface area contributed by atoms with Crippen molar-refractivity contribution in [1.82, 2.24) is 0 Å². The normalized spacial score (nSPS) is 13.2. The van der Waals surface area contributed by atoms with Gasteiger partial charge in [0.1, 0.15) is 0 Å². The standard InChI is InChI=1S/C88H68N2/c1-57-53-63(43-51-83(57)89(85-35-17-13-29-77(85)71-31-19-23-61-21-7-9-25-69(61)71)67-45-37-59(38-46-67)65-41-49-75-73-27-11-15-33-79(73)87(3,4)81(75)55-65)64-44-52-84(58(2)54-64)90(86-36-18-14-30-78(86)72-32-20-24-62-22-8-10-26-70(62)72)68-47-39-60(40-48-68)66-42-50-76-74-28-12-16-34-80(74)88(5,6)82(76)56-66/h7-56H,1-6H3. The molecule has 2 aliphatic carbocycles. The molecule has 430 valence electrons. The summed E-state index contributed by atoms with van der Waals surface area (Å²) in [7, 11) is 0. The van der Waals surface area contributed by atoms with Crippen molar-refractivity contribution in [2.45, 2.75) is 52.4 Å². The minimum absolute atomic E-state index is 0.0798. The molecule has 16 rings (SSSR count). The maximum absolute atomic E-state index is 2.47. The van der Waals surface area contributed by atoms with Gasteiger partial charge in [0.2, 0.25) is 0 Å². The molecule has 90 heavy (non-hydrogen) atoms. The number of rotatable bonds is 11. The van der Waals surface area contributed by atoms with Crippen LogP contribution in [0.4, 0.5) is 34.1 Å². The summed E-state index contributed by atoms with van der Waals surface area (Å²) in [6, 6.07) is 113. The predicted molar refractivity (Wildman–Crippen MR) is 383 cm³/mol. The highest BCUT2D eigenvalue weighted by Crippen LogP contribution is 2.53. The van der Waals surface area contributed by atoms with E-state index in [1.54, 1.807) is 0 Å². The second kappa shape index (κ2) is 21.5. The van der Waals surface area contributed by atoms with Gasteiger partial charge in [-0.1, -0.05) is 258 Å². The van der Waals surface area contributed by atoms with Crippen LogP contribution in [0.25, 0.3) is 99.4 Å². The van der Waals surface area contributed by atoms with Crippen LogP contribution in [0.2, 0.25) is 0 Å². The van der Waals surface area contributed by atoms with Crippen LogP contribution in [0.5, 0.6) is 0 Å². The van der Waals surface area contributed by atoms with Crippen LogP contribution in [0.15, 0.2) is 303 Å². The molecule has 0 aromatic heterocycles. The van der Waals surface area contributed by atoms with Crippen molar-refractivity contribution in [1.29, 1.82) is 0 Å². The van der Waals surface area contributed by atoms with E-state index in [1.165, 1.54) is 122 Å². The van der Waals surface area contributed by atoms with Crippen LogP contribution in [-0.4, -0.2) is 0 Å². The monoisotopic (exact) mass is 1150 g/mol. The zero-order valence-electron chi connectivity index (χ0n) is 51.8. The van der Waals surface area contributed by atoms with Crippen molar-refractivity contribution in [3.05, 3.63) is 337 Å². The number of fused-ring (bicyclic) bond motifs is 8. The Morgan fingerprint density at radius 3 is 0.956 bits per heavy atom. The molecule has 14 aromatic rings. The van der Waals surface area contributed by atoms with Gasteiger partial charge in [0.05, 0.1) is 11.4 Å². The maximum atomic E-state index is 2.47. The number of anilines is 6. The fourth-order valence-corrected chi connectivity index (χ4v) is 15.1. The summed E-state index contributed by atoms with van der Waals surface area (Å²) in [4.78, 5) is 4.94. The third-order valence-electron chi connectivity index (χ3n) is 19.7. The molecule has 0 spiro atoms. The van der Waals surface area contributed by atoms with E-state index in [0.29, 0.717) is 0 Å². The quantitative estimate of drug-likeness (QED) is 0.127. The van der Waals surface area contributed by atoms with E-state index >= 15 is 0 Å². The topological polar surface area (TPSA) is 6.48 Å². The van der Waals surface area contributed by atoms with Gasteiger partial charge in [0.25, 0.3) is 0 Å². The van der Waals surface area contributed by atoms with E-state index in [4.69, 9.17) is 0 Å². The first-order valence-corrected chi connectivity index (χ1v) is 31.6. The van der Waals surface area contributed by atoms with E-state index < -0.39 is 0 Å². The lowest BCUT2D eigenvalue weighted by Gasteiger charge is -2.30. The summed E-state index contributed by atoms with van der Waals surface area (Å²) in [5.74, 6) is 0. The lowest BCUT2D eigenvalue weighted by Crippen LogP contribution is -2.14. The second-order valence-electron chi connectivity index (χ2n) is 25.7. The van der Waals surface area contributed by atoms with Crippen LogP contribution in [0.1, 0.15) is 61.1 Å². The molecule has 0 saturated heterocycles. The number of para-hydroxylation sites is 2. The van der Waals surface area contributed by atoms with Gasteiger partial charge in [-0.05, 0) is 208 Å². The number of nitrogens with zero attached hydrogens (tertiary/aromatic N) is 2. The van der Waals surface area contributed by atoms with Crippen molar-refractivity contribution >= 4 is 55.7 Å². The van der Waals surface area contributed by atoms with E-state index in [2.05, 4.69) is 355 Å². The summed E-state index contributed by atoms with van der Waals surface area (Å²) in [6.07, 6.45) is 0. The second-order valence-corrected chi connectivity index (χ2v) is 25.7. The minimum Gasteiger partial charge on any atom is -0.310 e. The van der Waals surface area contributed by atoms with Crippen LogP contribution in [0, 0.1) is 13.8 Å². The maximum Gasteiger partial charge on any atom is 0.0540 e. The molecule has 0 aliphatic heterocycles. The first-order chi connectivity index (χ1) is 44.0. The van der Waals surface area contributed by atoms with E-state index in [1.807, 2.05) is 0 Å². The molecule has 2 aliphatic rings. The lowest BCUT2D eigenvalue weighted by atomic mass is 9.81. The van der Waals surface area contributed by atoms with Crippen LogP contribution < -0.4 is 9.80 Å². The summed E-state index contributed by atoms with van der Waals surface area (Å²) in [5, 5.41) is 4.91. The smallest absolute Gasteiger partial charge is 0.0540 e. The highest BCUT2D eigenvalue weighted by atomic mass is 15.2. The first-order valence-electron chi connectivity index (χ1n) is 31.6. The highest BCUT2D eigenvalue weighted by molar-refractivity contribution is 6.03. The predicted octanol–water partition coefficient (Wildman–Crippen LogP) is 24.5. The van der Waals surface area contributed by atoms with E-state index in [9.17, 15) is 0 Å². The minimum atomic E-state index is -0.0798. The lowest BCUT2D eigenvalue weighted by molar-refractivity contribution is 0.660. The van der Waals surface area contributed by atoms with Gasteiger partial charge in [-0.2, -0.15) is 0 Å². The fraction of sp³-hybridized carbons (Fsp3) is 0.0909. The van der Waals surface area contributed by atoms with Gasteiger partial charge < -0.3 is 9.80 Å². The van der Waals surface area contributed by atoms with Crippen LogP contribution in [0.3, 0.4) is 0 Å². The molecule has 2 nitrogen and oxygen atoms in total. The Balaban J connectivity index is 0.783. The Morgan fingerprint density at radius 2 is 0.533 bits per heavy atom. The molecule has 0 unspecified atom stereocenters. The van der Waals surface area contributed by atoms with Gasteiger partial charge in [-0.3, -0.25) is 0 Å². The molecule has 0 fully saturated rings. The molecule has 14 aromatic carbocycles. The third kappa shape index (κ3) is 9.00. The molecule has 0 saturated carbocycles. The molecule has 0 bridgehead atoms. The average Bonchev–Trinajstić information content (AvgIpc) is 1.57. The van der Waals surface area contributed by atoms with Crippen molar-refractivity contribution in [2.24, 2.45) is 0 Å². The molecule has 0 atom stereocenters. The van der Waals surface area contributed by atoms with Crippen molar-refractivity contribution in [3.8, 4) is 77.9 Å². The molecule has 2 heteroatoms. The summed E-state index contributed by atoms with van der Waals surface area (Å²) in [5.41, 5.74) is 31.7. The van der Waals surface area contributed by atoms with Crippen LogP contribution >= 0.6 is 0 Å². The van der Waals surface area contributed by atoms with Gasteiger partial charge in [0, 0.05) is 44.7 Å². The summed E-state index contributed by atoms with van der Waals surface area (Å²) >= 11 is 0. The zero-order valence-corrected chi connectivity index (χ0v) is 51.8. The number of benzene rings is 14. The molecule has 0 radical (unpaired) electrons. The number of hydrogen-bond acceptors (Lipinski definition) is 2.